The molecule has 3 amide bonds. The molecule has 0 saturated heterocycles. The summed E-state index contributed by atoms with van der Waals surface area (Å²) in [4.78, 5) is 62.4. The van der Waals surface area contributed by atoms with Gasteiger partial charge >= 0.3 is 11.6 Å². The van der Waals surface area contributed by atoms with Gasteiger partial charge in [-0.2, -0.15) is 0 Å². The van der Waals surface area contributed by atoms with E-state index in [2.05, 4.69) is 5.32 Å². The summed E-state index contributed by atoms with van der Waals surface area (Å²) in [5.41, 5.74) is -0.342. The lowest BCUT2D eigenvalue weighted by molar-refractivity contribution is -0.134. The fourth-order valence-corrected chi connectivity index (χ4v) is 3.46. The van der Waals surface area contributed by atoms with Gasteiger partial charge in [0, 0.05) is 18.0 Å². The zero-order valence-corrected chi connectivity index (χ0v) is 17.8. The SMILES string of the molecule is CCCCNC(=O)c1cc2ccc(OC(=O)CN3C(=O)c4ccccc4C3=O)cc2oc1=O. The molecule has 0 atom stereocenters. The van der Waals surface area contributed by atoms with E-state index in [0.29, 0.717) is 11.9 Å². The van der Waals surface area contributed by atoms with Crippen molar-refractivity contribution in [2.75, 3.05) is 13.1 Å². The van der Waals surface area contributed by atoms with Crippen LogP contribution < -0.4 is 15.7 Å². The monoisotopic (exact) mass is 448 g/mol. The molecule has 3 aromatic rings. The van der Waals surface area contributed by atoms with Crippen LogP contribution in [0.5, 0.6) is 5.75 Å². The molecule has 4 rings (SSSR count). The number of hydrogen-bond donors (Lipinski definition) is 1. The van der Waals surface area contributed by atoms with Crippen molar-refractivity contribution < 1.29 is 28.3 Å². The fraction of sp³-hybridized carbons (Fsp3) is 0.208. The predicted octanol–water partition coefficient (Wildman–Crippen LogP) is 2.52. The molecule has 2 aromatic carbocycles. The molecule has 1 aromatic heterocycles. The van der Waals surface area contributed by atoms with Crippen LogP contribution in [0.4, 0.5) is 0 Å². The van der Waals surface area contributed by atoms with Gasteiger partial charge in [0.1, 0.15) is 23.4 Å². The standard InChI is InChI=1S/C24H20N2O7/c1-2-3-10-25-21(28)18-11-14-8-9-15(12-19(14)33-24(18)31)32-20(27)13-26-22(29)16-6-4-5-7-17(16)23(26)30/h4-9,11-12H,2-3,10,13H2,1H3,(H,25,28). The van der Waals surface area contributed by atoms with Gasteiger partial charge in [0.05, 0.1) is 11.1 Å². The summed E-state index contributed by atoms with van der Waals surface area (Å²) in [5.74, 6) is -2.43. The van der Waals surface area contributed by atoms with E-state index in [1.807, 2.05) is 6.92 Å². The number of nitrogens with zero attached hydrogens (tertiary/aromatic N) is 1. The summed E-state index contributed by atoms with van der Waals surface area (Å²) in [7, 11) is 0. The first-order valence-corrected chi connectivity index (χ1v) is 10.4. The van der Waals surface area contributed by atoms with E-state index in [1.165, 1.54) is 36.4 Å². The van der Waals surface area contributed by atoms with Crippen molar-refractivity contribution >= 4 is 34.7 Å². The van der Waals surface area contributed by atoms with Crippen LogP contribution >= 0.6 is 0 Å². The molecule has 1 aliphatic heterocycles. The van der Waals surface area contributed by atoms with Crippen molar-refractivity contribution in [3.05, 3.63) is 75.6 Å². The lowest BCUT2D eigenvalue weighted by Crippen LogP contribution is -2.36. The van der Waals surface area contributed by atoms with Crippen molar-refractivity contribution in [2.45, 2.75) is 19.8 Å². The van der Waals surface area contributed by atoms with E-state index >= 15 is 0 Å². The average Bonchev–Trinajstić information content (AvgIpc) is 3.03. The minimum Gasteiger partial charge on any atom is -0.425 e. The summed E-state index contributed by atoms with van der Waals surface area (Å²) in [5, 5.41) is 3.13. The molecule has 1 N–H and O–H groups in total. The number of carbonyl (C=O) groups excluding carboxylic acids is 4. The van der Waals surface area contributed by atoms with Crippen molar-refractivity contribution in [1.29, 1.82) is 0 Å². The zero-order valence-electron chi connectivity index (χ0n) is 17.8. The van der Waals surface area contributed by atoms with E-state index in [-0.39, 0.29) is 28.0 Å². The largest absolute Gasteiger partial charge is 0.425 e. The number of amides is 3. The minimum atomic E-state index is -0.835. The first-order valence-electron chi connectivity index (χ1n) is 10.4. The Morgan fingerprint density at radius 3 is 2.36 bits per heavy atom. The normalized spacial score (nSPS) is 12.7. The molecular formula is C24H20N2O7. The van der Waals surface area contributed by atoms with E-state index < -0.39 is 35.9 Å². The van der Waals surface area contributed by atoms with Gasteiger partial charge in [-0.3, -0.25) is 19.3 Å². The number of nitrogens with one attached hydrogen (secondary N) is 1. The average molecular weight is 448 g/mol. The number of ether oxygens (including phenoxy) is 1. The van der Waals surface area contributed by atoms with Crippen LogP contribution in [0.2, 0.25) is 0 Å². The molecule has 168 valence electrons. The molecule has 9 nitrogen and oxygen atoms in total. The van der Waals surface area contributed by atoms with Gasteiger partial charge in [-0.05, 0) is 36.8 Å². The maximum Gasteiger partial charge on any atom is 0.349 e. The van der Waals surface area contributed by atoms with Gasteiger partial charge in [0.15, 0.2) is 0 Å². The summed E-state index contributed by atoms with van der Waals surface area (Å²) >= 11 is 0. The number of benzene rings is 2. The molecule has 0 spiro atoms. The quantitative estimate of drug-likeness (QED) is 0.194. The van der Waals surface area contributed by atoms with Gasteiger partial charge in [0.2, 0.25) is 0 Å². The lowest BCUT2D eigenvalue weighted by atomic mass is 10.1. The first kappa shape index (κ1) is 21.9. The van der Waals surface area contributed by atoms with Gasteiger partial charge in [0.25, 0.3) is 17.7 Å². The Bertz CT molecular complexity index is 1310. The zero-order chi connectivity index (χ0) is 23.5. The second-order valence-electron chi connectivity index (χ2n) is 7.47. The molecule has 33 heavy (non-hydrogen) atoms. The number of unbranched alkanes of at least 4 members (excludes halogenated alkanes) is 1. The number of carbonyl (C=O) groups is 4. The highest BCUT2D eigenvalue weighted by Crippen LogP contribution is 2.24. The highest BCUT2D eigenvalue weighted by Gasteiger charge is 2.36. The highest BCUT2D eigenvalue weighted by atomic mass is 16.5. The van der Waals surface area contributed by atoms with Crippen molar-refractivity contribution in [3.8, 4) is 5.75 Å². The van der Waals surface area contributed by atoms with Gasteiger partial charge in [-0.25, -0.2) is 9.59 Å². The van der Waals surface area contributed by atoms with Crippen LogP contribution in [0.25, 0.3) is 11.0 Å². The summed E-state index contributed by atoms with van der Waals surface area (Å²) in [6.45, 7) is 1.88. The number of hydrogen-bond acceptors (Lipinski definition) is 7. The molecule has 0 saturated carbocycles. The molecule has 0 fully saturated rings. The third kappa shape index (κ3) is 4.38. The number of esters is 1. The number of fused-ring (bicyclic) bond motifs is 2. The van der Waals surface area contributed by atoms with Crippen molar-refractivity contribution in [2.24, 2.45) is 0 Å². The predicted molar refractivity (Wildman–Crippen MR) is 117 cm³/mol. The Kier molecular flexibility index (Phi) is 6.03. The highest BCUT2D eigenvalue weighted by molar-refractivity contribution is 6.22. The van der Waals surface area contributed by atoms with Crippen molar-refractivity contribution in [3.63, 3.8) is 0 Å². The maximum atomic E-state index is 12.4. The Morgan fingerprint density at radius 1 is 1.00 bits per heavy atom. The Balaban J connectivity index is 1.47. The van der Waals surface area contributed by atoms with Crippen LogP contribution in [-0.4, -0.2) is 41.7 Å². The molecule has 0 bridgehead atoms. The maximum absolute atomic E-state index is 12.4. The van der Waals surface area contributed by atoms with E-state index in [1.54, 1.807) is 12.1 Å². The Hall–Kier alpha value is -4.27. The third-order valence-electron chi connectivity index (χ3n) is 5.17. The van der Waals surface area contributed by atoms with Crippen LogP contribution in [0.15, 0.2) is 57.7 Å². The molecule has 0 aliphatic carbocycles. The Labute approximate surface area is 187 Å². The smallest absolute Gasteiger partial charge is 0.349 e. The van der Waals surface area contributed by atoms with Crippen LogP contribution in [0, 0.1) is 0 Å². The summed E-state index contributed by atoms with van der Waals surface area (Å²) in [6, 6.07) is 12.0. The van der Waals surface area contributed by atoms with Gasteiger partial charge in [-0.1, -0.05) is 25.5 Å². The summed E-state index contributed by atoms with van der Waals surface area (Å²) in [6.07, 6.45) is 1.70. The number of rotatable bonds is 7. The van der Waals surface area contributed by atoms with E-state index in [0.717, 1.165) is 17.7 Å². The second kappa shape index (κ2) is 9.07. The number of imide groups is 1. The molecule has 0 unspecified atom stereocenters. The Morgan fingerprint density at radius 2 is 1.70 bits per heavy atom. The van der Waals surface area contributed by atoms with Crippen LogP contribution in [-0.2, 0) is 4.79 Å². The molecule has 2 heterocycles. The third-order valence-corrected chi connectivity index (χ3v) is 5.17. The van der Waals surface area contributed by atoms with E-state index in [4.69, 9.17) is 9.15 Å². The van der Waals surface area contributed by atoms with Crippen LogP contribution in [0.3, 0.4) is 0 Å². The molecule has 1 aliphatic rings. The second-order valence-corrected chi connectivity index (χ2v) is 7.47. The van der Waals surface area contributed by atoms with Crippen molar-refractivity contribution in [1.82, 2.24) is 10.2 Å². The molecule has 9 heteroatoms. The van der Waals surface area contributed by atoms with Gasteiger partial charge in [-0.15, -0.1) is 0 Å². The fourth-order valence-electron chi connectivity index (χ4n) is 3.46. The molecular weight excluding hydrogens is 428 g/mol. The molecule has 0 radical (unpaired) electrons. The van der Waals surface area contributed by atoms with Gasteiger partial charge < -0.3 is 14.5 Å². The van der Waals surface area contributed by atoms with Crippen LogP contribution in [0.1, 0.15) is 50.8 Å². The lowest BCUT2D eigenvalue weighted by Gasteiger charge is -2.13. The summed E-state index contributed by atoms with van der Waals surface area (Å²) < 4.78 is 10.5. The topological polar surface area (TPSA) is 123 Å². The first-order chi connectivity index (χ1) is 15.9. The van der Waals surface area contributed by atoms with E-state index in [9.17, 15) is 24.0 Å². The minimum absolute atomic E-state index is 0.0624.